The van der Waals surface area contributed by atoms with Gasteiger partial charge in [-0.2, -0.15) is 10.1 Å². The molecule has 31 heavy (non-hydrogen) atoms. The quantitative estimate of drug-likeness (QED) is 0.418. The van der Waals surface area contributed by atoms with Crippen molar-refractivity contribution in [2.75, 3.05) is 6.61 Å². The molecule has 8 nitrogen and oxygen atoms in total. The molecule has 0 amide bonds. The average molecular weight is 449 g/mol. The summed E-state index contributed by atoms with van der Waals surface area (Å²) in [6.45, 7) is -0.939. The smallest absolute Gasteiger partial charge is 0.314 e. The van der Waals surface area contributed by atoms with E-state index >= 15 is 0 Å². The summed E-state index contributed by atoms with van der Waals surface area (Å²) in [5.74, 6) is -2.78. The number of benzene rings is 2. The number of nitrogens with one attached hydrogen (secondary N) is 1. The van der Waals surface area contributed by atoms with Gasteiger partial charge in [-0.1, -0.05) is 29.8 Å². The minimum Gasteiger partial charge on any atom is -0.431 e. The monoisotopic (exact) mass is 448 g/mol. The molecule has 2 heterocycles. The first kappa shape index (κ1) is 20.9. The molecule has 0 spiro atoms. The van der Waals surface area contributed by atoms with Crippen molar-refractivity contribution in [3.63, 3.8) is 0 Å². The number of ether oxygens (including phenoxy) is 1. The highest BCUT2D eigenvalue weighted by molar-refractivity contribution is 6.33. The number of aromatic amines is 1. The van der Waals surface area contributed by atoms with E-state index in [1.54, 1.807) is 24.3 Å². The van der Waals surface area contributed by atoms with E-state index < -0.39 is 41.5 Å². The van der Waals surface area contributed by atoms with E-state index in [1.165, 1.54) is 0 Å². The number of hydrogen-bond acceptors (Lipinski definition) is 6. The number of aliphatic hydroxyl groups is 2. The first-order valence-electron chi connectivity index (χ1n) is 9.04. The number of nitrogens with zero attached hydrogens (tertiary/aromatic N) is 3. The third kappa shape index (κ3) is 4.00. The maximum atomic E-state index is 14.0. The van der Waals surface area contributed by atoms with Gasteiger partial charge in [0.05, 0.1) is 24.3 Å². The van der Waals surface area contributed by atoms with E-state index in [-0.39, 0.29) is 23.4 Å². The van der Waals surface area contributed by atoms with Crippen LogP contribution in [-0.2, 0) is 6.54 Å². The summed E-state index contributed by atoms with van der Waals surface area (Å²) < 4.78 is 33.6. The number of H-pyrrole nitrogens is 1. The highest BCUT2D eigenvalue weighted by Crippen LogP contribution is 2.31. The summed E-state index contributed by atoms with van der Waals surface area (Å²) in [7, 11) is 0. The molecule has 0 aliphatic carbocycles. The molecule has 4 rings (SSSR count). The highest BCUT2D eigenvalue weighted by atomic mass is 35.5. The number of aliphatic hydroxyl groups excluding tert-OH is 2. The highest BCUT2D eigenvalue weighted by Gasteiger charge is 2.22. The van der Waals surface area contributed by atoms with Gasteiger partial charge in [-0.25, -0.2) is 8.78 Å². The van der Waals surface area contributed by atoms with Crippen LogP contribution in [0.15, 0.2) is 47.3 Å². The lowest BCUT2D eigenvalue weighted by atomic mass is 10.1. The van der Waals surface area contributed by atoms with E-state index in [2.05, 4.69) is 15.2 Å². The van der Waals surface area contributed by atoms with Crippen molar-refractivity contribution in [3.05, 3.63) is 69.5 Å². The van der Waals surface area contributed by atoms with E-state index in [1.807, 2.05) is 0 Å². The number of aromatic nitrogens is 4. The molecule has 2 aromatic carbocycles. The van der Waals surface area contributed by atoms with E-state index in [9.17, 15) is 23.8 Å². The van der Waals surface area contributed by atoms with E-state index in [0.717, 1.165) is 16.7 Å². The van der Waals surface area contributed by atoms with Gasteiger partial charge in [0.25, 0.3) is 5.88 Å². The maximum absolute atomic E-state index is 14.0. The molecular formula is C20H15ClF2N4O4. The van der Waals surface area contributed by atoms with Crippen molar-refractivity contribution in [3.8, 4) is 22.9 Å². The Kier molecular flexibility index (Phi) is 5.68. The predicted molar refractivity (Wildman–Crippen MR) is 108 cm³/mol. The normalized spacial score (nSPS) is 12.3. The second-order valence-corrected chi connectivity index (χ2v) is 7.00. The fourth-order valence-electron chi connectivity index (χ4n) is 3.04. The van der Waals surface area contributed by atoms with Crippen LogP contribution in [0.4, 0.5) is 8.78 Å². The topological polar surface area (TPSA) is 113 Å². The summed E-state index contributed by atoms with van der Waals surface area (Å²) in [6, 6.07) is 9.38. The molecule has 0 saturated heterocycles. The Morgan fingerprint density at radius 3 is 2.71 bits per heavy atom. The second-order valence-electron chi connectivity index (χ2n) is 6.60. The number of halogens is 3. The van der Waals surface area contributed by atoms with Crippen LogP contribution in [0.3, 0.4) is 0 Å². The lowest BCUT2D eigenvalue weighted by molar-refractivity contribution is 0.0812. The van der Waals surface area contributed by atoms with Crippen LogP contribution in [0.25, 0.3) is 22.4 Å². The Morgan fingerprint density at radius 1 is 1.23 bits per heavy atom. The number of rotatable bonds is 6. The van der Waals surface area contributed by atoms with Crippen molar-refractivity contribution in [1.29, 1.82) is 0 Å². The van der Waals surface area contributed by atoms with Crippen LogP contribution in [0.1, 0.15) is 0 Å². The fraction of sp³-hybridized carbons (Fsp3) is 0.150. The summed E-state index contributed by atoms with van der Waals surface area (Å²) in [4.78, 5) is 17.2. The zero-order valence-corrected chi connectivity index (χ0v) is 16.5. The third-order valence-electron chi connectivity index (χ3n) is 4.47. The van der Waals surface area contributed by atoms with Crippen LogP contribution < -0.4 is 10.3 Å². The molecular weight excluding hydrogens is 434 g/mol. The van der Waals surface area contributed by atoms with Crippen LogP contribution in [0.2, 0.25) is 5.02 Å². The fourth-order valence-corrected chi connectivity index (χ4v) is 3.26. The molecule has 0 aliphatic rings. The number of fused-ring (bicyclic) bond motifs is 1. The maximum Gasteiger partial charge on any atom is 0.314 e. The summed E-state index contributed by atoms with van der Waals surface area (Å²) in [6.07, 6.45) is -1.28. The number of hydrogen-bond donors (Lipinski definition) is 3. The van der Waals surface area contributed by atoms with Gasteiger partial charge in [0.2, 0.25) is 0 Å². The third-order valence-corrected chi connectivity index (χ3v) is 4.80. The van der Waals surface area contributed by atoms with Crippen LogP contribution >= 0.6 is 11.6 Å². The van der Waals surface area contributed by atoms with Gasteiger partial charge in [-0.15, -0.1) is 0 Å². The molecule has 0 radical (unpaired) electrons. The van der Waals surface area contributed by atoms with Gasteiger partial charge in [0.1, 0.15) is 17.0 Å². The Morgan fingerprint density at radius 2 is 2.00 bits per heavy atom. The van der Waals surface area contributed by atoms with Crippen molar-refractivity contribution in [2.45, 2.75) is 12.6 Å². The predicted octanol–water partition coefficient (Wildman–Crippen LogP) is 2.86. The van der Waals surface area contributed by atoms with E-state index in [0.29, 0.717) is 16.7 Å². The Hall–Kier alpha value is -3.34. The van der Waals surface area contributed by atoms with Gasteiger partial charge in [-0.05, 0) is 18.2 Å². The van der Waals surface area contributed by atoms with Crippen molar-refractivity contribution in [1.82, 2.24) is 19.7 Å². The molecule has 1 unspecified atom stereocenters. The zero-order valence-electron chi connectivity index (χ0n) is 15.7. The van der Waals surface area contributed by atoms with Gasteiger partial charge < -0.3 is 14.9 Å². The minimum atomic E-state index is -1.28. The van der Waals surface area contributed by atoms with Crippen LogP contribution in [-0.4, -0.2) is 42.7 Å². The van der Waals surface area contributed by atoms with Gasteiger partial charge in [0, 0.05) is 11.6 Å². The zero-order chi connectivity index (χ0) is 22.1. The molecule has 0 saturated carbocycles. The molecule has 3 N–H and O–H groups in total. The van der Waals surface area contributed by atoms with Crippen molar-refractivity contribution in [2.24, 2.45) is 0 Å². The first-order chi connectivity index (χ1) is 14.9. The Balaban J connectivity index is 1.92. The molecule has 0 aliphatic heterocycles. The largest absolute Gasteiger partial charge is 0.431 e. The van der Waals surface area contributed by atoms with Crippen molar-refractivity contribution < 1.29 is 23.7 Å². The molecule has 160 valence electrons. The Labute approximate surface area is 178 Å². The standard InChI is InChI=1S/C20H15ClF2N4O4/c21-13-4-2-1-3-12(13)16-17-18(26-25-16)24-19(20(30)27(17)8-11(29)9-28)31-15-6-5-10(22)7-14(15)23/h1-7,11,28-29H,8-9H2,(H,25,26). The second kappa shape index (κ2) is 8.42. The van der Waals surface area contributed by atoms with Crippen LogP contribution in [0, 0.1) is 11.6 Å². The molecule has 2 aromatic heterocycles. The van der Waals surface area contributed by atoms with Crippen LogP contribution in [0.5, 0.6) is 11.6 Å². The molecule has 4 aromatic rings. The van der Waals surface area contributed by atoms with Gasteiger partial charge >= 0.3 is 5.56 Å². The Bertz CT molecular complexity index is 1320. The van der Waals surface area contributed by atoms with Gasteiger partial charge in [-0.3, -0.25) is 14.5 Å². The summed E-state index contributed by atoms with van der Waals surface area (Å²) in [5.41, 5.74) is 0.269. The SMILES string of the molecule is O=c1c(Oc2ccc(F)cc2F)nc2[nH]nc(-c3ccccc3Cl)c2n1CC(O)CO. The lowest BCUT2D eigenvalue weighted by Gasteiger charge is -2.14. The summed E-state index contributed by atoms with van der Waals surface area (Å²) in [5, 5.41) is 26.5. The van der Waals surface area contributed by atoms with Crippen molar-refractivity contribution >= 4 is 22.8 Å². The minimum absolute atomic E-state index is 0.0946. The summed E-state index contributed by atoms with van der Waals surface area (Å²) >= 11 is 6.26. The average Bonchev–Trinajstić information content (AvgIpc) is 3.16. The van der Waals surface area contributed by atoms with E-state index in [4.69, 9.17) is 16.3 Å². The molecule has 0 fully saturated rings. The lowest BCUT2D eigenvalue weighted by Crippen LogP contribution is -2.30. The molecule has 11 heteroatoms. The van der Waals surface area contributed by atoms with Gasteiger partial charge in [0.15, 0.2) is 17.2 Å². The molecule has 1 atom stereocenters. The first-order valence-corrected chi connectivity index (χ1v) is 9.42. The molecule has 0 bridgehead atoms.